The van der Waals surface area contributed by atoms with E-state index in [1.165, 1.54) is 17.4 Å². The summed E-state index contributed by atoms with van der Waals surface area (Å²) in [6.07, 6.45) is 8.61. The molecule has 19 heavy (non-hydrogen) atoms. The van der Waals surface area contributed by atoms with Crippen LogP contribution in [0.2, 0.25) is 0 Å². The lowest BCUT2D eigenvalue weighted by Gasteiger charge is -1.93. The number of aliphatic carboxylic acids is 1. The summed E-state index contributed by atoms with van der Waals surface area (Å²) in [5.74, 6) is -0.437. The topological polar surface area (TPSA) is 63.1 Å². The lowest BCUT2D eigenvalue weighted by molar-refractivity contribution is -0.131. The van der Waals surface area contributed by atoms with Gasteiger partial charge >= 0.3 is 5.97 Å². The molecular formula is C14H12N2O2S. The fourth-order valence-corrected chi connectivity index (χ4v) is 2.92. The number of pyridine rings is 1. The maximum Gasteiger partial charge on any atom is 0.328 e. The molecule has 2 aromatic rings. The number of hydrogen-bond donors (Lipinski definition) is 1. The first-order valence-corrected chi connectivity index (χ1v) is 6.88. The van der Waals surface area contributed by atoms with Gasteiger partial charge in [0.05, 0.1) is 10.6 Å². The van der Waals surface area contributed by atoms with Crippen molar-refractivity contribution in [1.29, 1.82) is 0 Å². The molecule has 0 spiro atoms. The van der Waals surface area contributed by atoms with E-state index in [1.54, 1.807) is 18.5 Å². The van der Waals surface area contributed by atoms with E-state index in [4.69, 9.17) is 5.11 Å². The number of rotatable bonds is 4. The number of hydrogen-bond acceptors (Lipinski definition) is 4. The van der Waals surface area contributed by atoms with Crippen molar-refractivity contribution in [3.05, 3.63) is 41.2 Å². The van der Waals surface area contributed by atoms with Crippen molar-refractivity contribution in [2.75, 3.05) is 0 Å². The quantitative estimate of drug-likeness (QED) is 0.868. The summed E-state index contributed by atoms with van der Waals surface area (Å²) in [5, 5.41) is 9.63. The maximum absolute atomic E-state index is 10.6. The molecule has 0 radical (unpaired) electrons. The van der Waals surface area contributed by atoms with Crippen LogP contribution in [0.15, 0.2) is 30.6 Å². The number of nitrogens with zero attached hydrogens (tertiary/aromatic N) is 2. The average molecular weight is 272 g/mol. The predicted octanol–water partition coefficient (Wildman–Crippen LogP) is 3.18. The molecule has 2 heterocycles. The molecular weight excluding hydrogens is 260 g/mol. The standard InChI is InChI=1S/C14H12N2O2S/c17-12(18)6-5-11-13(9-3-4-9)16-14(19-11)10-2-1-7-15-8-10/h1-2,5-9H,3-4H2,(H,17,18)/b6-5+. The second-order valence-electron chi connectivity index (χ2n) is 4.46. The summed E-state index contributed by atoms with van der Waals surface area (Å²) < 4.78 is 0. The van der Waals surface area contributed by atoms with Gasteiger partial charge in [0.2, 0.25) is 0 Å². The molecule has 4 nitrogen and oxygen atoms in total. The van der Waals surface area contributed by atoms with Crippen molar-refractivity contribution in [3.8, 4) is 10.6 Å². The van der Waals surface area contributed by atoms with Gasteiger partial charge in [-0.05, 0) is 31.1 Å². The second kappa shape index (κ2) is 4.93. The highest BCUT2D eigenvalue weighted by molar-refractivity contribution is 7.16. The molecule has 1 saturated carbocycles. The minimum Gasteiger partial charge on any atom is -0.478 e. The third-order valence-electron chi connectivity index (χ3n) is 2.93. The molecule has 0 aromatic carbocycles. The highest BCUT2D eigenvalue weighted by atomic mass is 32.1. The molecule has 1 fully saturated rings. The van der Waals surface area contributed by atoms with Crippen LogP contribution in [0.1, 0.15) is 29.3 Å². The van der Waals surface area contributed by atoms with Crippen molar-refractivity contribution >= 4 is 23.4 Å². The van der Waals surface area contributed by atoms with E-state index < -0.39 is 5.97 Å². The van der Waals surface area contributed by atoms with Gasteiger partial charge in [0.15, 0.2) is 0 Å². The van der Waals surface area contributed by atoms with Crippen molar-refractivity contribution in [2.24, 2.45) is 0 Å². The monoisotopic (exact) mass is 272 g/mol. The average Bonchev–Trinajstić information content (AvgIpc) is 3.17. The van der Waals surface area contributed by atoms with Gasteiger partial charge in [-0.1, -0.05) is 0 Å². The minimum atomic E-state index is -0.932. The van der Waals surface area contributed by atoms with Gasteiger partial charge in [0, 0.05) is 30.0 Å². The molecule has 3 rings (SSSR count). The summed E-state index contributed by atoms with van der Waals surface area (Å²) in [6.45, 7) is 0. The molecule has 1 N–H and O–H groups in total. The zero-order valence-corrected chi connectivity index (χ0v) is 10.9. The summed E-state index contributed by atoms with van der Waals surface area (Å²) in [4.78, 5) is 20.3. The zero-order valence-electron chi connectivity index (χ0n) is 10.1. The third kappa shape index (κ3) is 2.71. The molecule has 1 aliphatic rings. The third-order valence-corrected chi connectivity index (χ3v) is 4.02. The van der Waals surface area contributed by atoms with E-state index >= 15 is 0 Å². The van der Waals surface area contributed by atoms with E-state index in [9.17, 15) is 4.79 Å². The van der Waals surface area contributed by atoms with Crippen LogP contribution in [0, 0.1) is 0 Å². The molecule has 0 atom stereocenters. The Hall–Kier alpha value is -2.01. The summed E-state index contributed by atoms with van der Waals surface area (Å²) in [5.41, 5.74) is 2.01. The number of carbonyl (C=O) groups is 1. The lowest BCUT2D eigenvalue weighted by atomic mass is 10.2. The van der Waals surface area contributed by atoms with Crippen molar-refractivity contribution in [3.63, 3.8) is 0 Å². The maximum atomic E-state index is 10.6. The zero-order chi connectivity index (χ0) is 13.2. The molecule has 0 unspecified atom stereocenters. The van der Waals surface area contributed by atoms with Crippen molar-refractivity contribution in [2.45, 2.75) is 18.8 Å². The van der Waals surface area contributed by atoms with Crippen LogP contribution in [-0.2, 0) is 4.79 Å². The summed E-state index contributed by atoms with van der Waals surface area (Å²) in [7, 11) is 0. The van der Waals surface area contributed by atoms with E-state index in [0.29, 0.717) is 5.92 Å². The van der Waals surface area contributed by atoms with Crippen LogP contribution in [0.5, 0.6) is 0 Å². The fourth-order valence-electron chi connectivity index (χ4n) is 1.87. The van der Waals surface area contributed by atoms with Crippen molar-refractivity contribution in [1.82, 2.24) is 9.97 Å². The van der Waals surface area contributed by atoms with Gasteiger partial charge in [-0.2, -0.15) is 0 Å². The van der Waals surface area contributed by atoms with Gasteiger partial charge < -0.3 is 5.11 Å². The van der Waals surface area contributed by atoms with Gasteiger partial charge in [0.1, 0.15) is 5.01 Å². The Labute approximate surface area is 114 Å². The summed E-state index contributed by atoms with van der Waals surface area (Å²) in [6, 6.07) is 3.84. The minimum absolute atomic E-state index is 0.495. The first-order valence-electron chi connectivity index (χ1n) is 6.06. The highest BCUT2D eigenvalue weighted by Crippen LogP contribution is 2.44. The van der Waals surface area contributed by atoms with E-state index in [2.05, 4.69) is 9.97 Å². The van der Waals surface area contributed by atoms with Crippen LogP contribution in [-0.4, -0.2) is 21.0 Å². The number of thiazole rings is 1. The highest BCUT2D eigenvalue weighted by Gasteiger charge is 2.29. The second-order valence-corrected chi connectivity index (χ2v) is 5.49. The Morgan fingerprint density at radius 1 is 1.47 bits per heavy atom. The molecule has 0 aliphatic heterocycles. The Morgan fingerprint density at radius 2 is 2.32 bits per heavy atom. The van der Waals surface area contributed by atoms with Crippen LogP contribution in [0.4, 0.5) is 0 Å². The Bertz CT molecular complexity index is 630. The molecule has 5 heteroatoms. The van der Waals surface area contributed by atoms with Crippen LogP contribution < -0.4 is 0 Å². The smallest absolute Gasteiger partial charge is 0.328 e. The molecule has 1 aliphatic carbocycles. The largest absolute Gasteiger partial charge is 0.478 e. The van der Waals surface area contributed by atoms with Crippen LogP contribution >= 0.6 is 11.3 Å². The van der Waals surface area contributed by atoms with E-state index in [-0.39, 0.29) is 0 Å². The molecule has 0 bridgehead atoms. The Morgan fingerprint density at radius 3 is 2.95 bits per heavy atom. The number of aromatic nitrogens is 2. The molecule has 96 valence electrons. The van der Waals surface area contributed by atoms with Crippen molar-refractivity contribution < 1.29 is 9.90 Å². The van der Waals surface area contributed by atoms with Gasteiger partial charge in [-0.25, -0.2) is 9.78 Å². The van der Waals surface area contributed by atoms with Gasteiger partial charge in [0.25, 0.3) is 0 Å². The SMILES string of the molecule is O=C(O)/C=C/c1sc(-c2cccnc2)nc1C1CC1. The van der Waals surface area contributed by atoms with Gasteiger partial charge in [-0.15, -0.1) is 11.3 Å². The van der Waals surface area contributed by atoms with Crippen LogP contribution in [0.25, 0.3) is 16.6 Å². The Balaban J connectivity index is 1.99. The first-order chi connectivity index (χ1) is 9.24. The molecule has 0 saturated heterocycles. The fraction of sp³-hybridized carbons (Fsp3) is 0.214. The summed E-state index contributed by atoms with van der Waals surface area (Å²) >= 11 is 1.52. The predicted molar refractivity (Wildman–Crippen MR) is 74.0 cm³/mol. The number of carboxylic acid groups (broad SMARTS) is 1. The lowest BCUT2D eigenvalue weighted by Crippen LogP contribution is -1.87. The van der Waals surface area contributed by atoms with Gasteiger partial charge in [-0.3, -0.25) is 4.98 Å². The molecule has 2 aromatic heterocycles. The van der Waals surface area contributed by atoms with E-state index in [0.717, 1.165) is 34.0 Å². The first kappa shape index (κ1) is 12.0. The number of carboxylic acids is 1. The molecule has 0 amide bonds. The Kier molecular flexibility index (Phi) is 3.13. The van der Waals surface area contributed by atoms with Crippen LogP contribution in [0.3, 0.4) is 0 Å². The normalized spacial score (nSPS) is 14.9. The van der Waals surface area contributed by atoms with E-state index in [1.807, 2.05) is 12.1 Å².